The summed E-state index contributed by atoms with van der Waals surface area (Å²) in [6, 6.07) is 5.62. The molecule has 2 amide bonds. The number of nitrogens with zero attached hydrogens (tertiary/aromatic N) is 1. The summed E-state index contributed by atoms with van der Waals surface area (Å²) in [7, 11) is 1.92. The molecular formula is C17H25ClFN3O2S. The fourth-order valence-corrected chi connectivity index (χ4v) is 3.51. The molecule has 1 heterocycles. The minimum absolute atomic E-state index is 0. The van der Waals surface area contributed by atoms with Crippen molar-refractivity contribution in [1.29, 1.82) is 0 Å². The molecule has 0 spiro atoms. The molecule has 0 aliphatic carbocycles. The molecule has 1 fully saturated rings. The quantitative estimate of drug-likeness (QED) is 0.751. The highest BCUT2D eigenvalue weighted by atomic mass is 35.5. The Morgan fingerprint density at radius 2 is 2.04 bits per heavy atom. The lowest BCUT2D eigenvalue weighted by atomic mass is 10.1. The summed E-state index contributed by atoms with van der Waals surface area (Å²) < 4.78 is 12.8. The summed E-state index contributed by atoms with van der Waals surface area (Å²) in [4.78, 5) is 26.2. The van der Waals surface area contributed by atoms with Crippen LogP contribution < -0.4 is 10.6 Å². The Balaban J connectivity index is 0.00000312. The molecule has 0 saturated carbocycles. The van der Waals surface area contributed by atoms with Crippen molar-refractivity contribution in [2.45, 2.75) is 18.6 Å². The summed E-state index contributed by atoms with van der Waals surface area (Å²) in [5, 5.41) is 5.59. The van der Waals surface area contributed by atoms with Crippen LogP contribution in [0.3, 0.4) is 0 Å². The van der Waals surface area contributed by atoms with Crippen LogP contribution >= 0.6 is 24.2 Å². The summed E-state index contributed by atoms with van der Waals surface area (Å²) in [6.45, 7) is 4.33. The van der Waals surface area contributed by atoms with Gasteiger partial charge in [-0.2, -0.15) is 0 Å². The molecule has 25 heavy (non-hydrogen) atoms. The van der Waals surface area contributed by atoms with E-state index in [1.54, 1.807) is 0 Å². The van der Waals surface area contributed by atoms with Gasteiger partial charge in [0.25, 0.3) is 0 Å². The molecule has 0 radical (unpaired) electrons. The summed E-state index contributed by atoms with van der Waals surface area (Å²) in [5.74, 6) is 0.258. The number of thioether (sulfide) groups is 1. The first-order chi connectivity index (χ1) is 11.5. The normalized spacial score (nSPS) is 17.7. The predicted molar refractivity (Wildman–Crippen MR) is 103 cm³/mol. The Bertz CT molecular complexity index is 574. The highest BCUT2D eigenvalue weighted by Gasteiger charge is 2.29. The lowest BCUT2D eigenvalue weighted by Gasteiger charge is -2.20. The molecule has 1 aliphatic rings. The molecule has 0 bridgehead atoms. The molecule has 2 atom stereocenters. The first kappa shape index (κ1) is 21.7. The number of hydrogen-bond donors (Lipinski definition) is 2. The first-order valence-electron chi connectivity index (χ1n) is 8.10. The number of carbonyl (C=O) groups is 2. The van der Waals surface area contributed by atoms with Crippen molar-refractivity contribution in [3.63, 3.8) is 0 Å². The van der Waals surface area contributed by atoms with Crippen molar-refractivity contribution in [2.75, 3.05) is 37.8 Å². The zero-order chi connectivity index (χ0) is 17.5. The molecule has 1 aromatic carbocycles. The lowest BCUT2D eigenvalue weighted by Crippen LogP contribution is -2.36. The second kappa shape index (κ2) is 10.6. The minimum Gasteiger partial charge on any atom is -0.341 e. The van der Waals surface area contributed by atoms with Gasteiger partial charge < -0.3 is 15.5 Å². The Labute approximate surface area is 158 Å². The molecule has 5 nitrogen and oxygen atoms in total. The van der Waals surface area contributed by atoms with E-state index in [9.17, 15) is 14.0 Å². The predicted octanol–water partition coefficient (Wildman–Crippen LogP) is 2.38. The molecule has 2 N–H and O–H groups in total. The molecule has 2 unspecified atom stereocenters. The maximum atomic E-state index is 12.8. The molecular weight excluding hydrogens is 365 g/mol. The van der Waals surface area contributed by atoms with E-state index in [0.29, 0.717) is 11.6 Å². The number of halogens is 2. The van der Waals surface area contributed by atoms with Gasteiger partial charge in [-0.1, -0.05) is 0 Å². The molecule has 2 rings (SSSR count). The van der Waals surface area contributed by atoms with E-state index in [1.807, 2.05) is 18.9 Å². The number of hydrogen-bond acceptors (Lipinski definition) is 4. The number of nitrogens with one attached hydrogen (secondary N) is 2. The highest BCUT2D eigenvalue weighted by Crippen LogP contribution is 2.21. The average molecular weight is 390 g/mol. The minimum atomic E-state index is -0.344. The van der Waals surface area contributed by atoms with E-state index in [1.165, 1.54) is 36.0 Å². The van der Waals surface area contributed by atoms with Crippen LogP contribution in [0.2, 0.25) is 0 Å². The molecule has 0 aromatic heterocycles. The zero-order valence-electron chi connectivity index (χ0n) is 14.5. The molecule has 8 heteroatoms. The van der Waals surface area contributed by atoms with Crippen LogP contribution in [-0.4, -0.2) is 54.4 Å². The number of amides is 2. The van der Waals surface area contributed by atoms with E-state index in [4.69, 9.17) is 0 Å². The molecule has 140 valence electrons. The van der Waals surface area contributed by atoms with E-state index in [2.05, 4.69) is 10.6 Å². The Hall–Kier alpha value is -1.31. The van der Waals surface area contributed by atoms with Gasteiger partial charge in [0, 0.05) is 18.8 Å². The van der Waals surface area contributed by atoms with Crippen LogP contribution in [0.4, 0.5) is 10.1 Å². The maximum absolute atomic E-state index is 12.8. The summed E-state index contributed by atoms with van der Waals surface area (Å²) in [6.07, 6.45) is 1.02. The second-order valence-electron chi connectivity index (χ2n) is 6.00. The van der Waals surface area contributed by atoms with Crippen LogP contribution in [0.25, 0.3) is 0 Å². The zero-order valence-corrected chi connectivity index (χ0v) is 16.1. The highest BCUT2D eigenvalue weighted by molar-refractivity contribution is 8.01. The van der Waals surface area contributed by atoms with Gasteiger partial charge in [0.1, 0.15) is 5.82 Å². The van der Waals surface area contributed by atoms with Gasteiger partial charge in [0.15, 0.2) is 0 Å². The van der Waals surface area contributed by atoms with Gasteiger partial charge in [0.2, 0.25) is 11.8 Å². The average Bonchev–Trinajstić information content (AvgIpc) is 3.03. The van der Waals surface area contributed by atoms with E-state index in [0.717, 1.165) is 26.1 Å². The van der Waals surface area contributed by atoms with Crippen LogP contribution in [-0.2, 0) is 9.59 Å². The number of benzene rings is 1. The van der Waals surface area contributed by atoms with E-state index >= 15 is 0 Å². The lowest BCUT2D eigenvalue weighted by molar-refractivity contribution is -0.129. The fraction of sp³-hybridized carbons (Fsp3) is 0.529. The van der Waals surface area contributed by atoms with Crippen molar-refractivity contribution < 1.29 is 14.0 Å². The summed E-state index contributed by atoms with van der Waals surface area (Å²) >= 11 is 1.32. The molecule has 1 saturated heterocycles. The third-order valence-corrected chi connectivity index (χ3v) is 5.16. The molecule has 1 aromatic rings. The third-order valence-electron chi connectivity index (χ3n) is 4.03. The van der Waals surface area contributed by atoms with Crippen molar-refractivity contribution >= 4 is 41.7 Å². The monoisotopic (exact) mass is 389 g/mol. The van der Waals surface area contributed by atoms with Gasteiger partial charge in [-0.3, -0.25) is 9.59 Å². The van der Waals surface area contributed by atoms with Crippen LogP contribution in [0.15, 0.2) is 24.3 Å². The number of likely N-dealkylation sites (tertiary alicyclic amines) is 1. The topological polar surface area (TPSA) is 61.4 Å². The largest absolute Gasteiger partial charge is 0.341 e. The van der Waals surface area contributed by atoms with Crippen molar-refractivity contribution in [2.24, 2.45) is 5.92 Å². The van der Waals surface area contributed by atoms with E-state index < -0.39 is 0 Å². The van der Waals surface area contributed by atoms with Crippen molar-refractivity contribution in [1.82, 2.24) is 10.2 Å². The van der Waals surface area contributed by atoms with Gasteiger partial charge in [-0.15, -0.1) is 24.2 Å². The van der Waals surface area contributed by atoms with Crippen molar-refractivity contribution in [3.8, 4) is 0 Å². The second-order valence-corrected chi connectivity index (χ2v) is 7.33. The Morgan fingerprint density at radius 1 is 1.36 bits per heavy atom. The fourth-order valence-electron chi connectivity index (χ4n) is 2.75. The SMILES string of the molecule is CNCC1CCN(C(=O)C(C)SCC(=O)Nc2ccc(F)cc2)C1.Cl. The number of rotatable bonds is 7. The third kappa shape index (κ3) is 6.84. The maximum Gasteiger partial charge on any atom is 0.235 e. The smallest absolute Gasteiger partial charge is 0.235 e. The standard InChI is InChI=1S/C17H24FN3O2S.ClH/c1-12(17(23)21-8-7-13(10-21)9-19-2)24-11-16(22)20-15-5-3-14(18)4-6-15;/h3-6,12-13,19H,7-11H2,1-2H3,(H,20,22);1H. The van der Waals surface area contributed by atoms with E-state index in [-0.39, 0.29) is 41.0 Å². The first-order valence-corrected chi connectivity index (χ1v) is 9.15. The number of carbonyl (C=O) groups excluding carboxylic acids is 2. The van der Waals surface area contributed by atoms with Gasteiger partial charge in [-0.25, -0.2) is 4.39 Å². The van der Waals surface area contributed by atoms with Crippen molar-refractivity contribution in [3.05, 3.63) is 30.1 Å². The van der Waals surface area contributed by atoms with Gasteiger partial charge in [0.05, 0.1) is 11.0 Å². The van der Waals surface area contributed by atoms with Crippen LogP contribution in [0.5, 0.6) is 0 Å². The van der Waals surface area contributed by atoms with Crippen LogP contribution in [0.1, 0.15) is 13.3 Å². The van der Waals surface area contributed by atoms with Crippen LogP contribution in [0, 0.1) is 11.7 Å². The Kier molecular flexibility index (Phi) is 9.24. The Morgan fingerprint density at radius 3 is 2.68 bits per heavy atom. The van der Waals surface area contributed by atoms with Gasteiger partial charge in [-0.05, 0) is 57.1 Å². The number of anilines is 1. The van der Waals surface area contributed by atoms with Gasteiger partial charge >= 0.3 is 0 Å². The summed E-state index contributed by atoms with van der Waals surface area (Å²) in [5.41, 5.74) is 0.551. The molecule has 1 aliphatic heterocycles.